The lowest BCUT2D eigenvalue weighted by atomic mass is 10.1. The van der Waals surface area contributed by atoms with E-state index in [0.29, 0.717) is 31.7 Å². The Morgan fingerprint density at radius 1 is 0.971 bits per heavy atom. The Labute approximate surface area is 204 Å². The van der Waals surface area contributed by atoms with Crippen LogP contribution in [0.3, 0.4) is 0 Å². The summed E-state index contributed by atoms with van der Waals surface area (Å²) in [5, 5.41) is 0. The number of anilines is 1. The van der Waals surface area contributed by atoms with Crippen LogP contribution in [0.4, 0.5) is 5.69 Å². The lowest BCUT2D eigenvalue weighted by Crippen LogP contribution is -2.49. The van der Waals surface area contributed by atoms with Crippen LogP contribution < -0.4 is 10.7 Å². The fraction of sp³-hybridized carbons (Fsp3) is 0.440. The number of benzene rings is 2. The average Bonchev–Trinajstić information content (AvgIpc) is 3.51. The van der Waals surface area contributed by atoms with Crippen LogP contribution in [0.5, 0.6) is 0 Å². The molecule has 0 spiro atoms. The molecule has 9 nitrogen and oxygen atoms in total. The second-order valence-corrected chi connectivity index (χ2v) is 11.1. The van der Waals surface area contributed by atoms with Gasteiger partial charge in [-0.05, 0) is 43.5 Å². The molecule has 1 amide bonds. The summed E-state index contributed by atoms with van der Waals surface area (Å²) in [4.78, 5) is 29.6. The number of carbonyl (C=O) groups excluding carboxylic acids is 1. The predicted octanol–water partition coefficient (Wildman–Crippen LogP) is 2.43. The standard InChI is InChI=1S/C25H30N4O5S/c1-19-6-2-3-7-21(19)26-14-16-27(17-15-26)24(30)10-13-29-22-9-8-20(18-23(22)34-25(29)31)35(32,33)28-11-4-5-12-28/h2-3,6-9,18H,4-5,10-17H2,1H3. The number of aromatic nitrogens is 1. The average molecular weight is 499 g/mol. The van der Waals surface area contributed by atoms with Crippen molar-refractivity contribution in [1.82, 2.24) is 13.8 Å². The molecule has 0 atom stereocenters. The molecule has 3 heterocycles. The molecule has 1 aromatic heterocycles. The first kappa shape index (κ1) is 23.6. The minimum atomic E-state index is -3.60. The topological polar surface area (TPSA) is 96.1 Å². The fourth-order valence-electron chi connectivity index (χ4n) is 4.98. The van der Waals surface area contributed by atoms with E-state index < -0.39 is 15.8 Å². The first-order valence-electron chi connectivity index (χ1n) is 12.1. The Bertz CT molecular complexity index is 1400. The highest BCUT2D eigenvalue weighted by molar-refractivity contribution is 7.89. The van der Waals surface area contributed by atoms with Crippen molar-refractivity contribution in [3.63, 3.8) is 0 Å². The van der Waals surface area contributed by atoms with E-state index in [2.05, 4.69) is 24.0 Å². The molecule has 2 saturated heterocycles. The van der Waals surface area contributed by atoms with E-state index in [9.17, 15) is 18.0 Å². The molecular weight excluding hydrogens is 468 g/mol. The number of aryl methyl sites for hydroxylation is 2. The van der Waals surface area contributed by atoms with Gasteiger partial charge in [0.05, 0.1) is 10.4 Å². The van der Waals surface area contributed by atoms with Gasteiger partial charge in [0, 0.05) is 64.0 Å². The number of sulfonamides is 1. The van der Waals surface area contributed by atoms with Crippen molar-refractivity contribution in [2.45, 2.75) is 37.6 Å². The molecule has 0 bridgehead atoms. The highest BCUT2D eigenvalue weighted by Crippen LogP contribution is 2.25. The lowest BCUT2D eigenvalue weighted by molar-refractivity contribution is -0.131. The molecular formula is C25H30N4O5S. The summed E-state index contributed by atoms with van der Waals surface area (Å²) in [5.74, 6) is -0.600. The van der Waals surface area contributed by atoms with Crippen molar-refractivity contribution in [1.29, 1.82) is 0 Å². The molecule has 186 valence electrons. The van der Waals surface area contributed by atoms with Crippen LogP contribution in [0.2, 0.25) is 0 Å². The van der Waals surface area contributed by atoms with E-state index in [-0.39, 0.29) is 29.4 Å². The molecule has 2 aromatic carbocycles. The van der Waals surface area contributed by atoms with Crippen molar-refractivity contribution < 1.29 is 17.6 Å². The Morgan fingerprint density at radius 2 is 1.69 bits per heavy atom. The summed E-state index contributed by atoms with van der Waals surface area (Å²) in [6, 6.07) is 12.7. The van der Waals surface area contributed by atoms with Gasteiger partial charge in [-0.2, -0.15) is 4.31 Å². The smallest absolute Gasteiger partial charge is 0.408 e. The number of amides is 1. The van der Waals surface area contributed by atoms with E-state index in [0.717, 1.165) is 25.9 Å². The third-order valence-corrected chi connectivity index (χ3v) is 8.87. The maximum Gasteiger partial charge on any atom is 0.419 e. The van der Waals surface area contributed by atoms with Gasteiger partial charge in [0.2, 0.25) is 15.9 Å². The highest BCUT2D eigenvalue weighted by Gasteiger charge is 2.28. The summed E-state index contributed by atoms with van der Waals surface area (Å²) < 4.78 is 33.9. The summed E-state index contributed by atoms with van der Waals surface area (Å²) in [5.41, 5.74) is 3.12. The second-order valence-electron chi connectivity index (χ2n) is 9.16. The number of nitrogens with zero attached hydrogens (tertiary/aromatic N) is 4. The molecule has 0 N–H and O–H groups in total. The van der Waals surface area contributed by atoms with E-state index in [1.54, 1.807) is 6.07 Å². The van der Waals surface area contributed by atoms with Crippen LogP contribution in [0.25, 0.3) is 11.1 Å². The van der Waals surface area contributed by atoms with E-state index in [4.69, 9.17) is 4.42 Å². The van der Waals surface area contributed by atoms with Crippen LogP contribution >= 0.6 is 0 Å². The van der Waals surface area contributed by atoms with Crippen LogP contribution in [0.15, 0.2) is 56.6 Å². The summed E-state index contributed by atoms with van der Waals surface area (Å²) in [6.45, 7) is 6.07. The quantitative estimate of drug-likeness (QED) is 0.518. The number of piperazine rings is 1. The number of rotatable bonds is 6. The Kier molecular flexibility index (Phi) is 6.41. The minimum Gasteiger partial charge on any atom is -0.408 e. The van der Waals surface area contributed by atoms with Crippen molar-refractivity contribution in [3.05, 3.63) is 58.6 Å². The number of oxazole rings is 1. The van der Waals surface area contributed by atoms with Crippen LogP contribution in [-0.2, 0) is 21.4 Å². The third-order valence-electron chi connectivity index (χ3n) is 6.98. The van der Waals surface area contributed by atoms with Gasteiger partial charge in [0.25, 0.3) is 0 Å². The predicted molar refractivity (Wildman–Crippen MR) is 133 cm³/mol. The van der Waals surface area contributed by atoms with Gasteiger partial charge in [-0.15, -0.1) is 0 Å². The maximum atomic E-state index is 12.9. The summed E-state index contributed by atoms with van der Waals surface area (Å²) in [6.07, 6.45) is 1.87. The monoisotopic (exact) mass is 498 g/mol. The number of carbonyl (C=O) groups is 1. The molecule has 0 aliphatic carbocycles. The molecule has 0 radical (unpaired) electrons. The molecule has 2 aliphatic heterocycles. The van der Waals surface area contributed by atoms with E-state index in [1.807, 2.05) is 17.0 Å². The number of fused-ring (bicyclic) bond motifs is 1. The van der Waals surface area contributed by atoms with Crippen molar-refractivity contribution in [3.8, 4) is 0 Å². The number of para-hydroxylation sites is 1. The van der Waals surface area contributed by atoms with Crippen LogP contribution in [0.1, 0.15) is 24.8 Å². The zero-order valence-electron chi connectivity index (χ0n) is 19.9. The van der Waals surface area contributed by atoms with Crippen LogP contribution in [0, 0.1) is 6.92 Å². The van der Waals surface area contributed by atoms with Crippen LogP contribution in [-0.4, -0.2) is 67.4 Å². The van der Waals surface area contributed by atoms with Crippen molar-refractivity contribution in [2.75, 3.05) is 44.2 Å². The summed E-state index contributed by atoms with van der Waals surface area (Å²) >= 11 is 0. The third kappa shape index (κ3) is 4.60. The largest absolute Gasteiger partial charge is 0.419 e. The minimum absolute atomic E-state index is 0.0103. The van der Waals surface area contributed by atoms with Gasteiger partial charge in [-0.1, -0.05) is 18.2 Å². The van der Waals surface area contributed by atoms with Gasteiger partial charge >= 0.3 is 5.76 Å². The number of hydrogen-bond acceptors (Lipinski definition) is 6. The second kappa shape index (κ2) is 9.50. The van der Waals surface area contributed by atoms with Crippen molar-refractivity contribution >= 4 is 32.7 Å². The molecule has 0 saturated carbocycles. The molecule has 10 heteroatoms. The van der Waals surface area contributed by atoms with Gasteiger partial charge in [-0.3, -0.25) is 9.36 Å². The zero-order chi connectivity index (χ0) is 24.6. The maximum absolute atomic E-state index is 12.9. The van der Waals surface area contributed by atoms with Crippen molar-refractivity contribution in [2.24, 2.45) is 0 Å². The molecule has 0 unspecified atom stereocenters. The Balaban J connectivity index is 1.24. The first-order chi connectivity index (χ1) is 16.8. The van der Waals surface area contributed by atoms with Gasteiger partial charge in [-0.25, -0.2) is 13.2 Å². The fourth-order valence-corrected chi connectivity index (χ4v) is 6.51. The highest BCUT2D eigenvalue weighted by atomic mass is 32.2. The normalized spacial score (nSPS) is 17.4. The van der Waals surface area contributed by atoms with Gasteiger partial charge in [0.15, 0.2) is 5.58 Å². The number of hydrogen-bond donors (Lipinski definition) is 0. The van der Waals surface area contributed by atoms with Gasteiger partial charge < -0.3 is 14.2 Å². The SMILES string of the molecule is Cc1ccccc1N1CCN(C(=O)CCn2c(=O)oc3cc(S(=O)(=O)N4CCCC4)ccc32)CC1. The first-order valence-corrected chi connectivity index (χ1v) is 13.5. The Hall–Kier alpha value is -3.11. The molecule has 35 heavy (non-hydrogen) atoms. The molecule has 2 aliphatic rings. The lowest BCUT2D eigenvalue weighted by Gasteiger charge is -2.36. The Morgan fingerprint density at radius 3 is 2.40 bits per heavy atom. The summed E-state index contributed by atoms with van der Waals surface area (Å²) in [7, 11) is -3.60. The zero-order valence-corrected chi connectivity index (χ0v) is 20.7. The van der Waals surface area contributed by atoms with E-state index in [1.165, 1.54) is 32.3 Å². The van der Waals surface area contributed by atoms with E-state index >= 15 is 0 Å². The molecule has 3 aromatic rings. The molecule has 5 rings (SSSR count). The van der Waals surface area contributed by atoms with Gasteiger partial charge in [0.1, 0.15) is 0 Å². The molecule has 2 fully saturated rings.